The maximum absolute atomic E-state index is 12.9. The highest BCUT2D eigenvalue weighted by Gasteiger charge is 2.23. The van der Waals surface area contributed by atoms with E-state index in [2.05, 4.69) is 29.9 Å². The summed E-state index contributed by atoms with van der Waals surface area (Å²) in [5.41, 5.74) is 10.0. The first-order valence-corrected chi connectivity index (χ1v) is 22.0. The van der Waals surface area contributed by atoms with Crippen molar-refractivity contribution in [2.75, 3.05) is 0 Å². The molecule has 0 unspecified atom stereocenters. The molecule has 0 saturated carbocycles. The van der Waals surface area contributed by atoms with Gasteiger partial charge >= 0.3 is 17.1 Å². The molecule has 0 bridgehead atoms. The third-order valence-electron chi connectivity index (χ3n) is 11.1. The average Bonchev–Trinajstić information content (AvgIpc) is 3.35. The van der Waals surface area contributed by atoms with E-state index in [0.29, 0.717) is 67.5 Å². The SMILES string of the molecule is Cc1ccc(-c2nc(=O)[nH]c(C)c2C(=O)c2ccccc2)cc1.Cc1ccc(-c2nc(=O)[nH]c(C)c2C(=O)c2ccccc2)cc1.Cc1ccc(-c2nc(=O)[nH]c(C)c2C(=O)c2ccccc2)cc1. The molecule has 342 valence electrons. The Morgan fingerprint density at radius 3 is 0.754 bits per heavy atom. The monoisotopic (exact) mass is 912 g/mol. The van der Waals surface area contributed by atoms with Crippen LogP contribution in [0.1, 0.15) is 81.5 Å². The van der Waals surface area contributed by atoms with Gasteiger partial charge in [0, 0.05) is 50.5 Å². The molecule has 0 aliphatic rings. The minimum absolute atomic E-state index is 0.151. The molecule has 0 aliphatic heterocycles. The van der Waals surface area contributed by atoms with Crippen LogP contribution < -0.4 is 17.1 Å². The summed E-state index contributed by atoms with van der Waals surface area (Å²) in [6.07, 6.45) is 0. The number of carbonyl (C=O) groups excluding carboxylic acids is 3. The van der Waals surface area contributed by atoms with Crippen molar-refractivity contribution in [3.63, 3.8) is 0 Å². The summed E-state index contributed by atoms with van der Waals surface area (Å²) in [6.45, 7) is 11.1. The van der Waals surface area contributed by atoms with E-state index in [9.17, 15) is 28.8 Å². The Hall–Kier alpha value is -9.03. The topological polar surface area (TPSA) is 188 Å². The van der Waals surface area contributed by atoms with Gasteiger partial charge in [0.15, 0.2) is 17.3 Å². The molecule has 0 fully saturated rings. The van der Waals surface area contributed by atoms with Crippen molar-refractivity contribution in [3.8, 4) is 33.8 Å². The molecule has 0 saturated heterocycles. The summed E-state index contributed by atoms with van der Waals surface area (Å²) >= 11 is 0. The number of ketones is 3. The number of aromatic amines is 3. The molecular formula is C57H48N6O6. The minimum atomic E-state index is -0.456. The van der Waals surface area contributed by atoms with Crippen LogP contribution in [-0.4, -0.2) is 47.3 Å². The van der Waals surface area contributed by atoms with Crippen molar-refractivity contribution >= 4 is 17.3 Å². The van der Waals surface area contributed by atoms with Gasteiger partial charge < -0.3 is 15.0 Å². The largest absolute Gasteiger partial charge is 0.345 e. The standard InChI is InChI=1S/3C19H16N2O2/c3*1-12-8-10-14(11-9-12)17-16(13(2)20-19(23)21-17)18(22)15-6-4-3-5-7-15/h3*3-11H,1-2H3,(H,20,21,23). The van der Waals surface area contributed by atoms with Crippen molar-refractivity contribution in [1.82, 2.24) is 29.9 Å². The number of hydrogen-bond acceptors (Lipinski definition) is 9. The molecule has 9 rings (SSSR count). The molecule has 9 aromatic rings. The highest BCUT2D eigenvalue weighted by molar-refractivity contribution is 6.14. The highest BCUT2D eigenvalue weighted by Crippen LogP contribution is 2.28. The Labute approximate surface area is 397 Å². The second-order valence-corrected chi connectivity index (χ2v) is 16.4. The lowest BCUT2D eigenvalue weighted by molar-refractivity contribution is 0.103. The second-order valence-electron chi connectivity index (χ2n) is 16.4. The predicted octanol–water partition coefficient (Wildman–Crippen LogP) is 9.85. The average molecular weight is 913 g/mol. The Kier molecular flexibility index (Phi) is 14.9. The predicted molar refractivity (Wildman–Crippen MR) is 269 cm³/mol. The number of hydrogen-bond donors (Lipinski definition) is 3. The number of aryl methyl sites for hydroxylation is 6. The van der Waals surface area contributed by atoms with E-state index in [4.69, 9.17) is 0 Å². The van der Waals surface area contributed by atoms with E-state index in [-0.39, 0.29) is 17.3 Å². The minimum Gasteiger partial charge on any atom is -0.309 e. The van der Waals surface area contributed by atoms with Crippen LogP contribution in [-0.2, 0) is 0 Å². The maximum Gasteiger partial charge on any atom is 0.345 e. The second kappa shape index (κ2) is 21.5. The summed E-state index contributed by atoms with van der Waals surface area (Å²) < 4.78 is 0. The summed E-state index contributed by atoms with van der Waals surface area (Å²) in [4.78, 5) is 94.0. The Morgan fingerprint density at radius 2 is 0.536 bits per heavy atom. The zero-order chi connectivity index (χ0) is 49.2. The first kappa shape index (κ1) is 47.9. The van der Waals surface area contributed by atoms with Gasteiger partial charge in [-0.3, -0.25) is 14.4 Å². The van der Waals surface area contributed by atoms with Gasteiger partial charge in [-0.05, 0) is 41.5 Å². The Bertz CT molecular complexity index is 3100. The van der Waals surface area contributed by atoms with Gasteiger partial charge in [-0.25, -0.2) is 14.4 Å². The summed E-state index contributed by atoms with van der Waals surface area (Å²) in [5.74, 6) is -0.452. The van der Waals surface area contributed by atoms with Crippen LogP contribution >= 0.6 is 0 Å². The molecule has 3 N–H and O–H groups in total. The molecule has 69 heavy (non-hydrogen) atoms. The number of benzene rings is 6. The molecule has 12 nitrogen and oxygen atoms in total. The van der Waals surface area contributed by atoms with Crippen LogP contribution in [0.25, 0.3) is 33.8 Å². The van der Waals surface area contributed by atoms with Crippen molar-refractivity contribution in [2.24, 2.45) is 0 Å². The van der Waals surface area contributed by atoms with Crippen LogP contribution in [0.5, 0.6) is 0 Å². The zero-order valence-electron chi connectivity index (χ0n) is 38.9. The lowest BCUT2D eigenvalue weighted by atomic mass is 9.96. The first-order valence-electron chi connectivity index (χ1n) is 22.0. The summed E-state index contributed by atoms with van der Waals surface area (Å²) in [6, 6.07) is 49.8. The zero-order valence-corrected chi connectivity index (χ0v) is 38.9. The fourth-order valence-electron chi connectivity index (χ4n) is 7.55. The number of rotatable bonds is 9. The van der Waals surface area contributed by atoms with E-state index >= 15 is 0 Å². The summed E-state index contributed by atoms with van der Waals surface area (Å²) in [7, 11) is 0. The van der Waals surface area contributed by atoms with Gasteiger partial charge in [0.2, 0.25) is 0 Å². The van der Waals surface area contributed by atoms with Crippen molar-refractivity contribution in [1.29, 1.82) is 0 Å². The van der Waals surface area contributed by atoms with E-state index in [1.54, 1.807) is 57.2 Å². The normalized spacial score (nSPS) is 10.5. The van der Waals surface area contributed by atoms with E-state index in [1.807, 2.05) is 148 Å². The molecule has 0 amide bonds. The number of nitrogens with one attached hydrogen (secondary N) is 3. The van der Waals surface area contributed by atoms with Crippen molar-refractivity contribution < 1.29 is 14.4 Å². The Balaban J connectivity index is 0.000000153. The molecule has 0 radical (unpaired) electrons. The molecular weight excluding hydrogens is 865 g/mol. The van der Waals surface area contributed by atoms with E-state index < -0.39 is 17.1 Å². The lowest BCUT2D eigenvalue weighted by Gasteiger charge is -2.11. The van der Waals surface area contributed by atoms with Crippen LogP contribution in [0.2, 0.25) is 0 Å². The van der Waals surface area contributed by atoms with Gasteiger partial charge in [-0.15, -0.1) is 0 Å². The van der Waals surface area contributed by atoms with Gasteiger partial charge in [-0.1, -0.05) is 180 Å². The molecule has 0 aliphatic carbocycles. The van der Waals surface area contributed by atoms with Gasteiger partial charge in [0.1, 0.15) is 0 Å². The van der Waals surface area contributed by atoms with E-state index in [0.717, 1.165) is 33.4 Å². The van der Waals surface area contributed by atoms with Gasteiger partial charge in [-0.2, -0.15) is 15.0 Å². The van der Waals surface area contributed by atoms with Crippen LogP contribution in [0.4, 0.5) is 0 Å². The van der Waals surface area contributed by atoms with E-state index in [1.165, 1.54) is 0 Å². The summed E-state index contributed by atoms with van der Waals surface area (Å²) in [5, 5.41) is 0. The number of nitrogens with zero attached hydrogens (tertiary/aromatic N) is 3. The van der Waals surface area contributed by atoms with Gasteiger partial charge in [0.05, 0.1) is 33.8 Å². The van der Waals surface area contributed by atoms with Crippen LogP contribution in [0.15, 0.2) is 178 Å². The quantitative estimate of drug-likeness (QED) is 0.118. The fraction of sp³-hybridized carbons (Fsp3) is 0.105. The fourth-order valence-corrected chi connectivity index (χ4v) is 7.55. The smallest absolute Gasteiger partial charge is 0.309 e. The van der Waals surface area contributed by atoms with Crippen molar-refractivity contribution in [3.05, 3.63) is 262 Å². The third kappa shape index (κ3) is 11.5. The highest BCUT2D eigenvalue weighted by atomic mass is 16.2. The Morgan fingerprint density at radius 1 is 0.319 bits per heavy atom. The number of aromatic nitrogens is 6. The maximum atomic E-state index is 12.9. The molecule has 12 heteroatoms. The van der Waals surface area contributed by atoms with Gasteiger partial charge in [0.25, 0.3) is 0 Å². The van der Waals surface area contributed by atoms with Crippen molar-refractivity contribution in [2.45, 2.75) is 41.5 Å². The molecule has 0 spiro atoms. The lowest BCUT2D eigenvalue weighted by Crippen LogP contribution is -2.19. The molecule has 3 heterocycles. The first-order chi connectivity index (χ1) is 33.2. The molecule has 6 aromatic carbocycles. The van der Waals surface area contributed by atoms with Crippen LogP contribution in [0.3, 0.4) is 0 Å². The molecule has 3 aromatic heterocycles. The third-order valence-corrected chi connectivity index (χ3v) is 11.1. The number of H-pyrrole nitrogens is 3. The molecule has 0 atom stereocenters. The van der Waals surface area contributed by atoms with Crippen LogP contribution in [0, 0.1) is 41.5 Å². The number of carbonyl (C=O) groups is 3.